The van der Waals surface area contributed by atoms with Gasteiger partial charge in [-0.05, 0) is 49.9 Å². The van der Waals surface area contributed by atoms with E-state index in [9.17, 15) is 4.79 Å². The number of nitrogens with two attached hydrogens (primary N) is 1. The Hall–Kier alpha value is -4.58. The van der Waals surface area contributed by atoms with Crippen LogP contribution in [0.15, 0.2) is 53.6 Å². The molecule has 0 radical (unpaired) electrons. The summed E-state index contributed by atoms with van der Waals surface area (Å²) < 4.78 is 3.38. The van der Waals surface area contributed by atoms with E-state index in [4.69, 9.17) is 21.1 Å². The number of aryl methyl sites for hydroxylation is 3. The van der Waals surface area contributed by atoms with E-state index in [1.165, 1.54) is 6.33 Å². The van der Waals surface area contributed by atoms with Crippen LogP contribution >= 0.6 is 0 Å². The molecule has 0 atom stereocenters. The van der Waals surface area contributed by atoms with Crippen molar-refractivity contribution >= 4 is 27.8 Å². The van der Waals surface area contributed by atoms with Gasteiger partial charge in [0, 0.05) is 6.42 Å². The first-order valence-corrected chi connectivity index (χ1v) is 11.4. The number of rotatable bonds is 6. The number of para-hydroxylation sites is 1. The predicted octanol–water partition coefficient (Wildman–Crippen LogP) is 3.62. The third-order valence-electron chi connectivity index (χ3n) is 6.16. The van der Waals surface area contributed by atoms with E-state index in [-0.39, 0.29) is 12.1 Å². The first-order valence-electron chi connectivity index (χ1n) is 11.4. The van der Waals surface area contributed by atoms with Crippen molar-refractivity contribution in [2.24, 2.45) is 0 Å². The molecule has 2 aromatic carbocycles. The van der Waals surface area contributed by atoms with Gasteiger partial charge >= 0.3 is 0 Å². The van der Waals surface area contributed by atoms with Crippen molar-refractivity contribution in [2.75, 3.05) is 5.73 Å². The van der Waals surface area contributed by atoms with E-state index in [1.807, 2.05) is 56.3 Å². The molecule has 3 aromatic heterocycles. The number of nitriles is 1. The molecule has 0 aliphatic carbocycles. The largest absolute Gasteiger partial charge is 0.383 e. The first-order chi connectivity index (χ1) is 17.0. The highest BCUT2D eigenvalue weighted by Gasteiger charge is 2.20. The van der Waals surface area contributed by atoms with Crippen LogP contribution in [0.4, 0.5) is 5.82 Å². The Balaban J connectivity index is 1.74. The van der Waals surface area contributed by atoms with Gasteiger partial charge in [0.15, 0.2) is 5.65 Å². The van der Waals surface area contributed by atoms with Crippen molar-refractivity contribution < 1.29 is 0 Å². The summed E-state index contributed by atoms with van der Waals surface area (Å²) >= 11 is 0. The van der Waals surface area contributed by atoms with Crippen molar-refractivity contribution in [1.29, 1.82) is 5.26 Å². The van der Waals surface area contributed by atoms with Crippen molar-refractivity contribution in [3.8, 4) is 11.8 Å². The summed E-state index contributed by atoms with van der Waals surface area (Å²) in [4.78, 5) is 27.3. The molecule has 0 unspecified atom stereocenters. The maximum atomic E-state index is 13.8. The summed E-state index contributed by atoms with van der Waals surface area (Å²) in [6.45, 7) is 4.10. The molecule has 5 aromatic rings. The fourth-order valence-electron chi connectivity index (χ4n) is 4.47. The molecule has 0 fully saturated rings. The van der Waals surface area contributed by atoms with E-state index in [0.29, 0.717) is 52.8 Å². The molecule has 174 valence electrons. The van der Waals surface area contributed by atoms with Crippen molar-refractivity contribution in [3.63, 3.8) is 0 Å². The van der Waals surface area contributed by atoms with Crippen LogP contribution in [0.3, 0.4) is 0 Å². The summed E-state index contributed by atoms with van der Waals surface area (Å²) in [5, 5.41) is 15.0. The van der Waals surface area contributed by atoms with Gasteiger partial charge in [-0.15, -0.1) is 0 Å². The van der Waals surface area contributed by atoms with Crippen LogP contribution in [-0.4, -0.2) is 29.3 Å². The minimum Gasteiger partial charge on any atom is -0.383 e. The topological polar surface area (TPSA) is 128 Å². The second-order valence-electron chi connectivity index (χ2n) is 8.50. The van der Waals surface area contributed by atoms with Crippen LogP contribution < -0.4 is 11.3 Å². The van der Waals surface area contributed by atoms with Gasteiger partial charge in [0.25, 0.3) is 5.56 Å². The molecule has 0 saturated heterocycles. The number of nitrogen functional groups attached to an aromatic ring is 1. The highest BCUT2D eigenvalue weighted by molar-refractivity contribution is 5.88. The van der Waals surface area contributed by atoms with Gasteiger partial charge in [0.1, 0.15) is 24.5 Å². The van der Waals surface area contributed by atoms with Gasteiger partial charge in [-0.3, -0.25) is 9.36 Å². The zero-order chi connectivity index (χ0) is 24.5. The number of nitrogens with zero attached hydrogens (tertiary/aromatic N) is 7. The van der Waals surface area contributed by atoms with Gasteiger partial charge in [0.2, 0.25) is 0 Å². The van der Waals surface area contributed by atoms with Gasteiger partial charge in [-0.25, -0.2) is 19.6 Å². The molecule has 0 bridgehead atoms. The van der Waals surface area contributed by atoms with Gasteiger partial charge in [-0.1, -0.05) is 30.3 Å². The lowest BCUT2D eigenvalue weighted by atomic mass is 10.1. The fourth-order valence-corrected chi connectivity index (χ4v) is 4.47. The molecular formula is C26H24N8O. The number of hydrogen-bond donors (Lipinski definition) is 1. The highest BCUT2D eigenvalue weighted by atomic mass is 16.1. The lowest BCUT2D eigenvalue weighted by molar-refractivity contribution is 0.634. The Labute approximate surface area is 201 Å². The van der Waals surface area contributed by atoms with Crippen molar-refractivity contribution in [1.82, 2.24) is 29.3 Å². The summed E-state index contributed by atoms with van der Waals surface area (Å²) in [5.41, 5.74) is 10.6. The average molecular weight is 465 g/mol. The SMILES string of the molecule is Cc1ccccc1-n1c(Cn2nc(CCCC#N)c3c(N)ncnc32)nc2cccc(C)c2c1=O. The Morgan fingerprint density at radius 1 is 1.03 bits per heavy atom. The normalized spacial score (nSPS) is 11.2. The lowest BCUT2D eigenvalue weighted by Crippen LogP contribution is -2.26. The molecule has 0 spiro atoms. The zero-order valence-electron chi connectivity index (χ0n) is 19.6. The van der Waals surface area contributed by atoms with E-state index < -0.39 is 0 Å². The summed E-state index contributed by atoms with van der Waals surface area (Å²) in [6, 6.07) is 15.6. The Morgan fingerprint density at radius 3 is 2.63 bits per heavy atom. The third kappa shape index (κ3) is 3.89. The maximum Gasteiger partial charge on any atom is 0.266 e. The second-order valence-corrected chi connectivity index (χ2v) is 8.50. The summed E-state index contributed by atoms with van der Waals surface area (Å²) in [5.74, 6) is 0.874. The molecule has 0 saturated carbocycles. The number of unbranched alkanes of at least 4 members (excludes halogenated alkanes) is 1. The molecule has 3 heterocycles. The van der Waals surface area contributed by atoms with E-state index in [0.717, 1.165) is 22.5 Å². The van der Waals surface area contributed by atoms with Gasteiger partial charge < -0.3 is 5.73 Å². The number of fused-ring (bicyclic) bond motifs is 2. The Kier molecular flexibility index (Phi) is 5.71. The maximum absolute atomic E-state index is 13.8. The Bertz CT molecular complexity index is 1680. The number of hydrogen-bond acceptors (Lipinski definition) is 7. The third-order valence-corrected chi connectivity index (χ3v) is 6.16. The van der Waals surface area contributed by atoms with E-state index in [2.05, 4.69) is 16.0 Å². The number of benzene rings is 2. The highest BCUT2D eigenvalue weighted by Crippen LogP contribution is 2.24. The molecule has 9 nitrogen and oxygen atoms in total. The standard InChI is InChI=1S/C26H24N8O/c1-16-8-3-4-12-20(16)34-21(31-18-11-7-9-17(2)22(18)26(34)35)14-33-25-23(24(28)29-15-30-25)19(32-33)10-5-6-13-27/h3-4,7-9,11-12,15H,5-6,10,14H2,1-2H3,(H2,28,29,30). The molecule has 2 N–H and O–H groups in total. The minimum absolute atomic E-state index is 0.128. The van der Waals surface area contributed by atoms with Crippen LogP contribution in [0, 0.1) is 25.2 Å². The van der Waals surface area contributed by atoms with Gasteiger partial charge in [0.05, 0.1) is 33.7 Å². The van der Waals surface area contributed by atoms with Crippen LogP contribution in [0.1, 0.15) is 35.5 Å². The van der Waals surface area contributed by atoms with Crippen LogP contribution in [0.25, 0.3) is 27.6 Å². The molecule has 9 heteroatoms. The van der Waals surface area contributed by atoms with Crippen LogP contribution in [0.2, 0.25) is 0 Å². The molecule has 0 aliphatic rings. The first kappa shape index (κ1) is 22.2. The number of aromatic nitrogens is 6. The minimum atomic E-state index is -0.128. The van der Waals surface area contributed by atoms with Crippen molar-refractivity contribution in [2.45, 2.75) is 39.7 Å². The smallest absolute Gasteiger partial charge is 0.266 e. The van der Waals surface area contributed by atoms with Crippen LogP contribution in [-0.2, 0) is 13.0 Å². The Morgan fingerprint density at radius 2 is 1.83 bits per heavy atom. The zero-order valence-corrected chi connectivity index (χ0v) is 19.6. The number of anilines is 1. The molecular weight excluding hydrogens is 440 g/mol. The second kappa shape index (κ2) is 8.99. The van der Waals surface area contributed by atoms with Crippen molar-refractivity contribution in [3.05, 3.63) is 81.8 Å². The van der Waals surface area contributed by atoms with E-state index >= 15 is 0 Å². The summed E-state index contributed by atoms with van der Waals surface area (Å²) in [6.07, 6.45) is 3.04. The molecule has 35 heavy (non-hydrogen) atoms. The fraction of sp³-hybridized carbons (Fsp3) is 0.231. The molecule has 5 rings (SSSR count). The average Bonchev–Trinajstić information content (AvgIpc) is 3.19. The van der Waals surface area contributed by atoms with Gasteiger partial charge in [-0.2, -0.15) is 10.4 Å². The predicted molar refractivity (Wildman–Crippen MR) is 134 cm³/mol. The lowest BCUT2D eigenvalue weighted by Gasteiger charge is -2.16. The quantitative estimate of drug-likeness (QED) is 0.380. The summed E-state index contributed by atoms with van der Waals surface area (Å²) in [7, 11) is 0. The molecule has 0 amide bonds. The van der Waals surface area contributed by atoms with E-state index in [1.54, 1.807) is 9.25 Å². The van der Waals surface area contributed by atoms with Crippen LogP contribution in [0.5, 0.6) is 0 Å². The monoisotopic (exact) mass is 464 g/mol. The molecule has 0 aliphatic heterocycles.